The molecule has 0 radical (unpaired) electrons. The van der Waals surface area contributed by atoms with E-state index in [4.69, 9.17) is 0 Å². The highest BCUT2D eigenvalue weighted by atomic mass is 19.4. The smallest absolute Gasteiger partial charge is 0.258 e. The lowest BCUT2D eigenvalue weighted by Gasteiger charge is -2.08. The van der Waals surface area contributed by atoms with Gasteiger partial charge in [0.05, 0.1) is 4.92 Å². The van der Waals surface area contributed by atoms with Crippen LogP contribution in [0.4, 0.5) is 23.2 Å². The Morgan fingerprint density at radius 2 is 1.87 bits per heavy atom. The predicted molar refractivity (Wildman–Crippen MR) is 42.8 cm³/mol. The maximum atomic E-state index is 12.8. The molecule has 0 aromatic heterocycles. The molecule has 82 valence electrons. The summed E-state index contributed by atoms with van der Waals surface area (Å²) in [4.78, 5) is 9.13. The van der Waals surface area contributed by atoms with Crippen LogP contribution in [0.25, 0.3) is 0 Å². The number of nitro groups is 1. The fraction of sp³-hybridized carbons (Fsp3) is 0.250. The molecule has 15 heavy (non-hydrogen) atoms. The fourth-order valence-electron chi connectivity index (χ4n) is 1.04. The zero-order valence-corrected chi connectivity index (χ0v) is 7.43. The number of alkyl halides is 3. The quantitative estimate of drug-likeness (QED) is 0.417. The van der Waals surface area contributed by atoms with Crippen molar-refractivity contribution in [2.45, 2.75) is 13.1 Å². The number of hydrogen-bond donors (Lipinski definition) is 0. The van der Waals surface area contributed by atoms with Crippen LogP contribution in [0.15, 0.2) is 12.1 Å². The van der Waals surface area contributed by atoms with Crippen LogP contribution >= 0.6 is 0 Å². The van der Waals surface area contributed by atoms with E-state index in [0.717, 1.165) is 6.92 Å². The first kappa shape index (κ1) is 11.4. The molecule has 0 atom stereocenters. The molecule has 0 aliphatic rings. The molecular formula is C8H5F4NO2. The van der Waals surface area contributed by atoms with E-state index in [0.29, 0.717) is 6.07 Å². The van der Waals surface area contributed by atoms with Crippen molar-refractivity contribution < 1.29 is 22.5 Å². The maximum Gasteiger partial charge on any atom is 0.423 e. The van der Waals surface area contributed by atoms with Gasteiger partial charge in [-0.2, -0.15) is 13.2 Å². The molecule has 0 saturated carbocycles. The van der Waals surface area contributed by atoms with Gasteiger partial charge in [-0.3, -0.25) is 10.1 Å². The van der Waals surface area contributed by atoms with Crippen LogP contribution in [-0.2, 0) is 6.18 Å². The highest BCUT2D eigenvalue weighted by Gasteiger charge is 2.39. The van der Waals surface area contributed by atoms with Gasteiger partial charge < -0.3 is 0 Å². The van der Waals surface area contributed by atoms with Crippen LogP contribution in [0, 0.1) is 22.9 Å². The van der Waals surface area contributed by atoms with Gasteiger partial charge in [-0.25, -0.2) is 4.39 Å². The van der Waals surface area contributed by atoms with Gasteiger partial charge in [0.15, 0.2) is 0 Å². The second-order valence-corrected chi connectivity index (χ2v) is 2.87. The zero-order chi connectivity index (χ0) is 11.8. The van der Waals surface area contributed by atoms with Crippen LogP contribution in [0.5, 0.6) is 0 Å². The van der Waals surface area contributed by atoms with E-state index in [2.05, 4.69) is 0 Å². The van der Waals surface area contributed by atoms with Gasteiger partial charge in [-0.15, -0.1) is 0 Å². The van der Waals surface area contributed by atoms with E-state index in [9.17, 15) is 27.7 Å². The first-order chi connectivity index (χ1) is 6.73. The van der Waals surface area contributed by atoms with Crippen molar-refractivity contribution >= 4 is 5.69 Å². The third kappa shape index (κ3) is 2.23. The van der Waals surface area contributed by atoms with Crippen molar-refractivity contribution in [3.05, 3.63) is 39.2 Å². The first-order valence-electron chi connectivity index (χ1n) is 3.75. The van der Waals surface area contributed by atoms with Gasteiger partial charge in [0.2, 0.25) is 0 Å². The zero-order valence-electron chi connectivity index (χ0n) is 7.43. The van der Waals surface area contributed by atoms with E-state index in [1.165, 1.54) is 0 Å². The summed E-state index contributed by atoms with van der Waals surface area (Å²) in [5.74, 6) is -1.12. The summed E-state index contributed by atoms with van der Waals surface area (Å²) in [6.07, 6.45) is -4.93. The minimum atomic E-state index is -4.93. The van der Waals surface area contributed by atoms with E-state index in [1.54, 1.807) is 0 Å². The number of nitro benzene ring substituents is 1. The molecule has 1 aromatic carbocycles. The monoisotopic (exact) mass is 223 g/mol. The minimum absolute atomic E-state index is 0.132. The van der Waals surface area contributed by atoms with Crippen LogP contribution < -0.4 is 0 Å². The van der Waals surface area contributed by atoms with Crippen LogP contribution in [0.2, 0.25) is 0 Å². The standard InChI is InChI=1S/C8H5F4NO2/c1-4-2-7(13(14)15)5(3-6(4)9)8(10,11)12/h2-3H,1H3. The van der Waals surface area contributed by atoms with Gasteiger partial charge in [-0.1, -0.05) is 0 Å². The van der Waals surface area contributed by atoms with E-state index >= 15 is 0 Å². The third-order valence-electron chi connectivity index (χ3n) is 1.78. The van der Waals surface area contributed by atoms with Gasteiger partial charge in [-0.05, 0) is 18.6 Å². The van der Waals surface area contributed by atoms with Crippen LogP contribution in [0.1, 0.15) is 11.1 Å². The number of hydrogen-bond acceptors (Lipinski definition) is 2. The van der Waals surface area contributed by atoms with Gasteiger partial charge >= 0.3 is 6.18 Å². The Hall–Kier alpha value is -1.66. The Morgan fingerprint density at radius 3 is 2.27 bits per heavy atom. The Morgan fingerprint density at radius 1 is 1.33 bits per heavy atom. The average Bonchev–Trinajstić information content (AvgIpc) is 2.06. The number of halogens is 4. The lowest BCUT2D eigenvalue weighted by Crippen LogP contribution is -2.10. The highest BCUT2D eigenvalue weighted by molar-refractivity contribution is 5.45. The van der Waals surface area contributed by atoms with Crippen molar-refractivity contribution in [1.82, 2.24) is 0 Å². The third-order valence-corrected chi connectivity index (χ3v) is 1.78. The number of nitrogens with zero attached hydrogens (tertiary/aromatic N) is 1. The molecule has 3 nitrogen and oxygen atoms in total. The van der Waals surface area contributed by atoms with Gasteiger partial charge in [0.1, 0.15) is 11.4 Å². The van der Waals surface area contributed by atoms with E-state index in [-0.39, 0.29) is 11.6 Å². The molecule has 0 N–H and O–H groups in total. The van der Waals surface area contributed by atoms with E-state index < -0.39 is 28.2 Å². The Bertz CT molecular complexity index is 414. The molecule has 0 fully saturated rings. The Labute approximate surface area is 81.5 Å². The SMILES string of the molecule is Cc1cc([N+](=O)[O-])c(C(F)(F)F)cc1F. The molecule has 1 rings (SSSR count). The lowest BCUT2D eigenvalue weighted by atomic mass is 10.1. The summed E-state index contributed by atoms with van der Waals surface area (Å²) in [6.45, 7) is 1.16. The maximum absolute atomic E-state index is 12.8. The first-order valence-corrected chi connectivity index (χ1v) is 3.75. The average molecular weight is 223 g/mol. The lowest BCUT2D eigenvalue weighted by molar-refractivity contribution is -0.388. The summed E-state index contributed by atoms with van der Waals surface area (Å²) < 4.78 is 49.6. The molecule has 0 aliphatic heterocycles. The van der Waals surface area contributed by atoms with Crippen molar-refractivity contribution in [3.63, 3.8) is 0 Å². The Balaban J connectivity index is 3.49. The number of aryl methyl sites for hydroxylation is 1. The number of rotatable bonds is 1. The molecule has 0 heterocycles. The summed E-state index contributed by atoms with van der Waals surface area (Å²) in [5, 5.41) is 10.3. The highest BCUT2D eigenvalue weighted by Crippen LogP contribution is 2.37. The molecule has 7 heteroatoms. The largest absolute Gasteiger partial charge is 0.423 e. The van der Waals surface area contributed by atoms with Crippen LogP contribution in [-0.4, -0.2) is 4.92 Å². The number of benzene rings is 1. The van der Waals surface area contributed by atoms with Gasteiger partial charge in [0.25, 0.3) is 5.69 Å². The van der Waals surface area contributed by atoms with Crippen molar-refractivity contribution in [2.24, 2.45) is 0 Å². The topological polar surface area (TPSA) is 43.1 Å². The van der Waals surface area contributed by atoms with Crippen LogP contribution in [0.3, 0.4) is 0 Å². The van der Waals surface area contributed by atoms with Crippen molar-refractivity contribution in [1.29, 1.82) is 0 Å². The van der Waals surface area contributed by atoms with E-state index in [1.807, 2.05) is 0 Å². The minimum Gasteiger partial charge on any atom is -0.258 e. The predicted octanol–water partition coefficient (Wildman–Crippen LogP) is 3.06. The fourth-order valence-corrected chi connectivity index (χ4v) is 1.04. The Kier molecular flexibility index (Phi) is 2.65. The van der Waals surface area contributed by atoms with Crippen molar-refractivity contribution in [3.8, 4) is 0 Å². The van der Waals surface area contributed by atoms with Gasteiger partial charge in [0, 0.05) is 6.07 Å². The molecule has 1 aromatic rings. The second kappa shape index (κ2) is 3.48. The summed E-state index contributed by atoms with van der Waals surface area (Å²) in [6, 6.07) is 0.700. The second-order valence-electron chi connectivity index (χ2n) is 2.87. The molecular weight excluding hydrogens is 218 g/mol. The molecule has 0 unspecified atom stereocenters. The molecule has 0 aliphatic carbocycles. The molecule has 0 saturated heterocycles. The molecule has 0 spiro atoms. The summed E-state index contributed by atoms with van der Waals surface area (Å²) in [5.41, 5.74) is -2.91. The molecule has 0 bridgehead atoms. The summed E-state index contributed by atoms with van der Waals surface area (Å²) >= 11 is 0. The summed E-state index contributed by atoms with van der Waals surface area (Å²) in [7, 11) is 0. The normalized spacial score (nSPS) is 11.5. The molecule has 0 amide bonds. The van der Waals surface area contributed by atoms with Crippen molar-refractivity contribution in [2.75, 3.05) is 0 Å².